The molecule has 26 heavy (non-hydrogen) atoms. The van der Waals surface area contributed by atoms with Gasteiger partial charge in [-0.1, -0.05) is 95.6 Å². The van der Waals surface area contributed by atoms with Gasteiger partial charge in [-0.25, -0.2) is 4.79 Å². The zero-order valence-corrected chi connectivity index (χ0v) is 16.9. The van der Waals surface area contributed by atoms with Gasteiger partial charge in [-0.2, -0.15) is 0 Å². The second-order valence-electron chi connectivity index (χ2n) is 7.25. The average molecular weight is 358 g/mol. The predicted molar refractivity (Wildman–Crippen MR) is 111 cm³/mol. The Morgan fingerprint density at radius 1 is 0.885 bits per heavy atom. The molecule has 1 aromatic rings. The van der Waals surface area contributed by atoms with Crippen molar-refractivity contribution in [3.05, 3.63) is 54.2 Å². The van der Waals surface area contributed by atoms with E-state index < -0.39 is 0 Å². The highest BCUT2D eigenvalue weighted by molar-refractivity contribution is 5.81. The van der Waals surface area contributed by atoms with Gasteiger partial charge in [0.25, 0.3) is 0 Å². The van der Waals surface area contributed by atoms with Crippen LogP contribution in [0.15, 0.2) is 36.9 Å². The number of hydrogen-bond donors (Lipinski definition) is 0. The lowest BCUT2D eigenvalue weighted by Crippen LogP contribution is -2.07. The maximum absolute atomic E-state index is 11.2. The number of carbonyl (C=O) groups excluding carboxylic acids is 1. The van der Waals surface area contributed by atoms with Crippen molar-refractivity contribution in [2.45, 2.75) is 90.9 Å². The lowest BCUT2D eigenvalue weighted by atomic mass is 10.0. The van der Waals surface area contributed by atoms with Gasteiger partial charge in [0.2, 0.25) is 0 Å². The highest BCUT2D eigenvalue weighted by Gasteiger charge is 2.09. The number of hydrogen-bond acceptors (Lipinski definition) is 2. The molecule has 0 N–H and O–H groups in total. The molecule has 0 atom stereocenters. The predicted octanol–water partition coefficient (Wildman–Crippen LogP) is 6.97. The first-order valence-corrected chi connectivity index (χ1v) is 10.4. The first kappa shape index (κ1) is 22.5. The van der Waals surface area contributed by atoms with Gasteiger partial charge in [-0.05, 0) is 30.9 Å². The number of rotatable bonds is 15. The third-order valence-corrected chi connectivity index (χ3v) is 4.74. The van der Waals surface area contributed by atoms with Crippen LogP contribution < -0.4 is 0 Å². The Bertz CT molecular complexity index is 489. The van der Waals surface area contributed by atoms with E-state index in [1.165, 1.54) is 81.4 Å². The molecule has 0 fully saturated rings. The van der Waals surface area contributed by atoms with Crippen molar-refractivity contribution in [2.75, 3.05) is 0 Å². The number of esters is 1. The monoisotopic (exact) mass is 357 g/mol. The van der Waals surface area contributed by atoms with Gasteiger partial charge in [0, 0.05) is 12.5 Å². The summed E-state index contributed by atoms with van der Waals surface area (Å²) in [7, 11) is 0. The van der Waals surface area contributed by atoms with Crippen LogP contribution >= 0.6 is 0 Å². The van der Waals surface area contributed by atoms with E-state index in [4.69, 9.17) is 4.74 Å². The molecule has 1 aromatic carbocycles. The zero-order valence-electron chi connectivity index (χ0n) is 16.9. The van der Waals surface area contributed by atoms with E-state index in [0.717, 1.165) is 6.42 Å². The van der Waals surface area contributed by atoms with Gasteiger partial charge < -0.3 is 4.74 Å². The standard InChI is InChI=1S/C24H37O2/c1-4-6-7-8-9-10-11-12-13-14-15-22-16-18-23(19-17-22)20-21(3)26-24(25)5-2/h5,16-19H,2,4,6-15,20H2,1,3H3. The molecule has 0 aliphatic carbocycles. The maximum Gasteiger partial charge on any atom is 0.330 e. The quantitative estimate of drug-likeness (QED) is 0.192. The topological polar surface area (TPSA) is 26.3 Å². The Labute approximate surface area is 161 Å². The molecule has 0 saturated carbocycles. The summed E-state index contributed by atoms with van der Waals surface area (Å²) in [6, 6.07) is 8.67. The van der Waals surface area contributed by atoms with Crippen LogP contribution in [0.3, 0.4) is 0 Å². The minimum Gasteiger partial charge on any atom is -0.452 e. The molecule has 2 heteroatoms. The molecule has 145 valence electrons. The van der Waals surface area contributed by atoms with E-state index in [1.807, 2.05) is 6.92 Å². The Morgan fingerprint density at radius 3 is 1.92 bits per heavy atom. The molecule has 0 spiro atoms. The van der Waals surface area contributed by atoms with Crippen LogP contribution in [-0.4, -0.2) is 5.97 Å². The first-order valence-electron chi connectivity index (χ1n) is 10.4. The molecule has 1 rings (SSSR count). The number of carbonyl (C=O) groups is 1. The van der Waals surface area contributed by atoms with Crippen molar-refractivity contribution >= 4 is 5.97 Å². The van der Waals surface area contributed by atoms with Crippen LogP contribution in [0.5, 0.6) is 0 Å². The molecule has 0 amide bonds. The van der Waals surface area contributed by atoms with E-state index in [0.29, 0.717) is 12.5 Å². The van der Waals surface area contributed by atoms with Gasteiger partial charge in [0.15, 0.2) is 6.10 Å². The van der Waals surface area contributed by atoms with Crippen molar-refractivity contribution in [1.29, 1.82) is 0 Å². The van der Waals surface area contributed by atoms with Crippen LogP contribution in [0.25, 0.3) is 0 Å². The summed E-state index contributed by atoms with van der Waals surface area (Å²) in [6.07, 6.45) is 17.5. The number of aryl methyl sites for hydroxylation is 1. The molecule has 0 aliphatic heterocycles. The smallest absolute Gasteiger partial charge is 0.330 e. The van der Waals surface area contributed by atoms with Crippen molar-refractivity contribution in [2.24, 2.45) is 0 Å². The van der Waals surface area contributed by atoms with Crippen LogP contribution in [0, 0.1) is 6.10 Å². The maximum atomic E-state index is 11.2. The average Bonchev–Trinajstić information content (AvgIpc) is 2.64. The van der Waals surface area contributed by atoms with Gasteiger partial charge >= 0.3 is 5.97 Å². The summed E-state index contributed by atoms with van der Waals surface area (Å²) >= 11 is 0. The molecule has 0 bridgehead atoms. The van der Waals surface area contributed by atoms with E-state index in [-0.39, 0.29) is 5.97 Å². The number of ether oxygens (including phenoxy) is 1. The minimum absolute atomic E-state index is 0.389. The molecule has 0 aromatic heterocycles. The Morgan fingerprint density at radius 2 is 1.38 bits per heavy atom. The van der Waals surface area contributed by atoms with E-state index in [9.17, 15) is 4.79 Å². The molecule has 0 aliphatic rings. The van der Waals surface area contributed by atoms with Gasteiger partial charge in [0.05, 0.1) is 0 Å². The summed E-state index contributed by atoms with van der Waals surface area (Å²) in [6.45, 7) is 7.52. The third kappa shape index (κ3) is 11.1. The van der Waals surface area contributed by atoms with Crippen molar-refractivity contribution in [3.8, 4) is 0 Å². The second kappa shape index (κ2) is 14.6. The van der Waals surface area contributed by atoms with Gasteiger partial charge in [-0.15, -0.1) is 0 Å². The minimum atomic E-state index is -0.389. The van der Waals surface area contributed by atoms with Crippen molar-refractivity contribution in [3.63, 3.8) is 0 Å². The summed E-state index contributed by atoms with van der Waals surface area (Å²) < 4.78 is 5.13. The fourth-order valence-electron chi connectivity index (χ4n) is 3.18. The Hall–Kier alpha value is -1.57. The lowest BCUT2D eigenvalue weighted by Gasteiger charge is -2.11. The van der Waals surface area contributed by atoms with Crippen molar-refractivity contribution in [1.82, 2.24) is 0 Å². The highest BCUT2D eigenvalue weighted by Crippen LogP contribution is 2.16. The summed E-state index contributed by atoms with van der Waals surface area (Å²) in [4.78, 5) is 11.2. The van der Waals surface area contributed by atoms with Crippen molar-refractivity contribution < 1.29 is 9.53 Å². The van der Waals surface area contributed by atoms with E-state index in [2.05, 4.69) is 37.8 Å². The SMILES string of the molecule is C=CC(=O)O[C](C)Cc1ccc(CCCCCCCCCCCC)cc1. The normalized spacial score (nSPS) is 10.9. The molecule has 1 radical (unpaired) electrons. The molecule has 0 heterocycles. The van der Waals surface area contributed by atoms with Crippen LogP contribution in [0.1, 0.15) is 89.2 Å². The molecule has 0 saturated heterocycles. The van der Waals surface area contributed by atoms with Crippen LogP contribution in [0.2, 0.25) is 0 Å². The van der Waals surface area contributed by atoms with Crippen LogP contribution in [-0.2, 0) is 22.4 Å². The summed E-state index contributed by atoms with van der Waals surface area (Å²) in [5.41, 5.74) is 2.57. The summed E-state index contributed by atoms with van der Waals surface area (Å²) in [5, 5.41) is 0. The number of unbranched alkanes of at least 4 members (excludes halogenated alkanes) is 9. The highest BCUT2D eigenvalue weighted by atomic mass is 16.5. The van der Waals surface area contributed by atoms with Gasteiger partial charge in [-0.3, -0.25) is 0 Å². The Balaban J connectivity index is 2.09. The summed E-state index contributed by atoms with van der Waals surface area (Å²) in [5.74, 6) is -0.389. The molecule has 0 unspecified atom stereocenters. The molecular weight excluding hydrogens is 320 g/mol. The van der Waals surface area contributed by atoms with E-state index >= 15 is 0 Å². The zero-order chi connectivity index (χ0) is 19.0. The third-order valence-electron chi connectivity index (χ3n) is 4.74. The first-order chi connectivity index (χ1) is 12.7. The molecule has 2 nitrogen and oxygen atoms in total. The fourth-order valence-corrected chi connectivity index (χ4v) is 3.18. The van der Waals surface area contributed by atoms with Gasteiger partial charge in [0.1, 0.15) is 0 Å². The number of benzene rings is 1. The van der Waals surface area contributed by atoms with Crippen LogP contribution in [0.4, 0.5) is 0 Å². The second-order valence-corrected chi connectivity index (χ2v) is 7.25. The van der Waals surface area contributed by atoms with E-state index in [1.54, 1.807) is 0 Å². The largest absolute Gasteiger partial charge is 0.452 e. The Kier molecular flexibility index (Phi) is 12.6. The fraction of sp³-hybridized carbons (Fsp3) is 0.583. The lowest BCUT2D eigenvalue weighted by molar-refractivity contribution is -0.136. The molecular formula is C24H37O2.